The zero-order valence-electron chi connectivity index (χ0n) is 17.2. The maximum Gasteiger partial charge on any atom is 0.293 e. The third-order valence-corrected chi connectivity index (χ3v) is 7.48. The fraction of sp³-hybridized carbons (Fsp3) is 0.227. The fourth-order valence-electron chi connectivity index (χ4n) is 3.08. The molecule has 0 radical (unpaired) electrons. The summed E-state index contributed by atoms with van der Waals surface area (Å²) in [5, 5.41) is 2.09. The number of thioether (sulfide) groups is 1. The van der Waals surface area contributed by atoms with E-state index in [-0.39, 0.29) is 34.2 Å². The summed E-state index contributed by atoms with van der Waals surface area (Å²) in [5.74, 6) is -1.59. The Balaban J connectivity index is 1.65. The maximum atomic E-state index is 13.0. The Morgan fingerprint density at radius 1 is 1.12 bits per heavy atom. The number of nitrogens with one attached hydrogen (secondary N) is 1. The van der Waals surface area contributed by atoms with E-state index in [1.807, 2.05) is 0 Å². The molecule has 0 saturated carbocycles. The molecule has 0 atom stereocenters. The Morgan fingerprint density at radius 3 is 2.50 bits per heavy atom. The van der Waals surface area contributed by atoms with Crippen molar-refractivity contribution in [2.24, 2.45) is 0 Å². The van der Waals surface area contributed by atoms with E-state index in [4.69, 9.17) is 0 Å². The Kier molecular flexibility index (Phi) is 7.47. The summed E-state index contributed by atoms with van der Waals surface area (Å²) in [6.45, 7) is 1.63. The number of carbonyl (C=O) groups is 3. The van der Waals surface area contributed by atoms with Crippen molar-refractivity contribution >= 4 is 44.7 Å². The fourth-order valence-corrected chi connectivity index (χ4v) is 5.49. The molecule has 7 nitrogen and oxygen atoms in total. The smallest absolute Gasteiger partial charge is 0.293 e. The van der Waals surface area contributed by atoms with Gasteiger partial charge >= 0.3 is 0 Å². The van der Waals surface area contributed by atoms with Gasteiger partial charge in [-0.05, 0) is 54.1 Å². The number of sulfone groups is 1. The zero-order valence-corrected chi connectivity index (χ0v) is 18.8. The average Bonchev–Trinajstić information content (AvgIpc) is 3.02. The summed E-state index contributed by atoms with van der Waals surface area (Å²) in [7, 11) is -3.60. The summed E-state index contributed by atoms with van der Waals surface area (Å²) in [5.41, 5.74) is 0.599. The molecule has 2 aromatic rings. The van der Waals surface area contributed by atoms with Gasteiger partial charge in [0.05, 0.1) is 21.1 Å². The second kappa shape index (κ2) is 10.1. The first-order valence-electron chi connectivity index (χ1n) is 9.84. The van der Waals surface area contributed by atoms with Crippen molar-refractivity contribution in [3.05, 3.63) is 70.4 Å². The summed E-state index contributed by atoms with van der Waals surface area (Å²) in [6, 6.07) is 11.4. The molecule has 1 heterocycles. The van der Waals surface area contributed by atoms with Gasteiger partial charge in [-0.25, -0.2) is 12.8 Å². The molecule has 0 unspecified atom stereocenters. The van der Waals surface area contributed by atoms with Crippen molar-refractivity contribution in [2.75, 3.05) is 18.8 Å². The van der Waals surface area contributed by atoms with Crippen molar-refractivity contribution in [3.8, 4) is 0 Å². The molecule has 1 aliphatic rings. The van der Waals surface area contributed by atoms with Crippen LogP contribution in [0.4, 0.5) is 9.18 Å². The highest BCUT2D eigenvalue weighted by molar-refractivity contribution is 8.18. The second-order valence-corrected chi connectivity index (χ2v) is 10.0. The number of carbonyl (C=O) groups excluding carboxylic acids is 3. The van der Waals surface area contributed by atoms with Crippen LogP contribution >= 0.6 is 11.8 Å². The lowest BCUT2D eigenvalue weighted by Gasteiger charge is -2.14. The first kappa shape index (κ1) is 23.7. The number of nitrogens with zero attached hydrogens (tertiary/aromatic N) is 1. The van der Waals surface area contributed by atoms with Gasteiger partial charge in [-0.2, -0.15) is 0 Å². The van der Waals surface area contributed by atoms with E-state index >= 15 is 0 Å². The minimum atomic E-state index is -3.60. The van der Waals surface area contributed by atoms with E-state index < -0.39 is 32.7 Å². The zero-order chi connectivity index (χ0) is 23.3. The van der Waals surface area contributed by atoms with Crippen molar-refractivity contribution in [3.63, 3.8) is 0 Å². The van der Waals surface area contributed by atoms with Crippen LogP contribution in [0, 0.1) is 5.82 Å². The second-order valence-electron chi connectivity index (χ2n) is 6.96. The Hall–Kier alpha value is -2.98. The highest BCUT2D eigenvalue weighted by Crippen LogP contribution is 2.31. The van der Waals surface area contributed by atoms with Crippen LogP contribution in [0.25, 0.3) is 6.08 Å². The van der Waals surface area contributed by atoms with Crippen LogP contribution in [0.2, 0.25) is 0 Å². The first-order chi connectivity index (χ1) is 15.2. The van der Waals surface area contributed by atoms with Crippen molar-refractivity contribution < 1.29 is 27.2 Å². The predicted octanol–water partition coefficient (Wildman–Crippen LogP) is 3.48. The van der Waals surface area contributed by atoms with Gasteiger partial charge in [0.2, 0.25) is 0 Å². The number of halogens is 1. The van der Waals surface area contributed by atoms with Crippen LogP contribution in [0.15, 0.2) is 58.3 Å². The quantitative estimate of drug-likeness (QED) is 0.586. The number of imide groups is 1. The van der Waals surface area contributed by atoms with Gasteiger partial charge in [-0.15, -0.1) is 0 Å². The molecule has 1 fully saturated rings. The number of benzene rings is 2. The lowest BCUT2D eigenvalue weighted by atomic mass is 10.2. The van der Waals surface area contributed by atoms with Crippen LogP contribution in [0.3, 0.4) is 0 Å². The monoisotopic (exact) mass is 476 g/mol. The molecular formula is C22H21FN2O5S2. The van der Waals surface area contributed by atoms with E-state index in [9.17, 15) is 27.2 Å². The number of amides is 3. The molecule has 32 heavy (non-hydrogen) atoms. The maximum absolute atomic E-state index is 13.0. The van der Waals surface area contributed by atoms with E-state index in [0.717, 1.165) is 16.7 Å². The van der Waals surface area contributed by atoms with Crippen LogP contribution < -0.4 is 5.32 Å². The van der Waals surface area contributed by atoms with E-state index in [1.54, 1.807) is 19.1 Å². The highest BCUT2D eigenvalue weighted by atomic mass is 32.2. The summed E-state index contributed by atoms with van der Waals surface area (Å²) in [6.07, 6.45) is 1.92. The third kappa shape index (κ3) is 5.43. The molecule has 0 aliphatic carbocycles. The molecule has 2 aromatic carbocycles. The molecule has 0 bridgehead atoms. The van der Waals surface area contributed by atoms with E-state index in [1.165, 1.54) is 42.5 Å². The SMILES string of the molecule is CCCS(=O)(=O)c1ccccc1C(=O)NCCN1C(=O)S/C(=C\c2ccc(F)cc2)C1=O. The van der Waals surface area contributed by atoms with Gasteiger partial charge in [0, 0.05) is 13.1 Å². The number of hydrogen-bond donors (Lipinski definition) is 1. The van der Waals surface area contributed by atoms with Gasteiger partial charge in [0.1, 0.15) is 5.82 Å². The van der Waals surface area contributed by atoms with Crippen molar-refractivity contribution in [1.29, 1.82) is 0 Å². The van der Waals surface area contributed by atoms with E-state index in [2.05, 4.69) is 5.32 Å². The summed E-state index contributed by atoms with van der Waals surface area (Å²) >= 11 is 0.760. The standard InChI is InChI=1S/C22H21FN2O5S2/c1-2-13-32(29,30)19-6-4-3-5-17(19)20(26)24-11-12-25-21(27)18(31-22(25)28)14-15-7-9-16(23)10-8-15/h3-10,14H,2,11-13H2,1H3,(H,24,26)/b18-14-. The first-order valence-corrected chi connectivity index (χ1v) is 12.3. The Bertz CT molecular complexity index is 1180. The van der Waals surface area contributed by atoms with Crippen molar-refractivity contribution in [1.82, 2.24) is 10.2 Å². The van der Waals surface area contributed by atoms with Crippen LogP contribution in [0.5, 0.6) is 0 Å². The summed E-state index contributed by atoms with van der Waals surface area (Å²) in [4.78, 5) is 38.5. The molecule has 3 rings (SSSR count). The lowest BCUT2D eigenvalue weighted by Crippen LogP contribution is -2.37. The van der Waals surface area contributed by atoms with Crippen molar-refractivity contribution in [2.45, 2.75) is 18.2 Å². The molecule has 0 spiro atoms. The summed E-state index contributed by atoms with van der Waals surface area (Å²) < 4.78 is 37.9. The molecule has 1 saturated heterocycles. The molecular weight excluding hydrogens is 455 g/mol. The Morgan fingerprint density at radius 2 is 1.81 bits per heavy atom. The average molecular weight is 477 g/mol. The lowest BCUT2D eigenvalue weighted by molar-refractivity contribution is -0.122. The van der Waals surface area contributed by atoms with Gasteiger partial charge in [0.25, 0.3) is 17.1 Å². The Labute approximate surface area is 189 Å². The van der Waals surface area contributed by atoms with Gasteiger partial charge < -0.3 is 5.32 Å². The third-order valence-electron chi connectivity index (χ3n) is 4.60. The molecule has 168 valence electrons. The molecule has 1 N–H and O–H groups in total. The largest absolute Gasteiger partial charge is 0.350 e. The van der Waals surface area contributed by atoms with Crippen LogP contribution in [-0.2, 0) is 14.6 Å². The predicted molar refractivity (Wildman–Crippen MR) is 120 cm³/mol. The highest BCUT2D eigenvalue weighted by Gasteiger charge is 2.34. The minimum Gasteiger partial charge on any atom is -0.350 e. The van der Waals surface area contributed by atoms with Gasteiger partial charge in [-0.3, -0.25) is 19.3 Å². The number of rotatable bonds is 8. The number of hydrogen-bond acceptors (Lipinski definition) is 6. The molecule has 1 aliphatic heterocycles. The molecule has 3 amide bonds. The molecule has 0 aromatic heterocycles. The topological polar surface area (TPSA) is 101 Å². The van der Waals surface area contributed by atoms with Gasteiger partial charge in [-0.1, -0.05) is 31.2 Å². The van der Waals surface area contributed by atoms with E-state index in [0.29, 0.717) is 12.0 Å². The van der Waals surface area contributed by atoms with Crippen LogP contribution in [-0.4, -0.2) is 49.2 Å². The van der Waals surface area contributed by atoms with Crippen LogP contribution in [0.1, 0.15) is 29.3 Å². The molecule has 10 heteroatoms. The van der Waals surface area contributed by atoms with Gasteiger partial charge in [0.15, 0.2) is 9.84 Å². The normalized spacial score (nSPS) is 15.4. The minimum absolute atomic E-state index is 0.0197.